The summed E-state index contributed by atoms with van der Waals surface area (Å²) in [6.07, 6.45) is 6.95. The molecule has 0 saturated carbocycles. The van der Waals surface area contributed by atoms with Crippen molar-refractivity contribution in [2.75, 3.05) is 23.0 Å². The first-order chi connectivity index (χ1) is 15.8. The van der Waals surface area contributed by atoms with Crippen LogP contribution in [0.5, 0.6) is 0 Å². The molecule has 0 spiro atoms. The van der Waals surface area contributed by atoms with Crippen molar-refractivity contribution in [3.8, 4) is 12.3 Å². The normalized spacial score (nSPS) is 14.2. The summed E-state index contributed by atoms with van der Waals surface area (Å²) in [6, 6.07) is 11.4. The number of halogens is 1. The van der Waals surface area contributed by atoms with Crippen molar-refractivity contribution in [2.45, 2.75) is 19.4 Å². The maximum absolute atomic E-state index is 13.6. The second-order valence-corrected chi connectivity index (χ2v) is 10.7. The molecule has 3 aromatic rings. The first kappa shape index (κ1) is 22.9. The lowest BCUT2D eigenvalue weighted by molar-refractivity contribution is -0.116. The molecule has 4 rings (SSSR count). The number of sulfone groups is 1. The molecule has 2 heterocycles. The quantitative estimate of drug-likeness (QED) is 0.519. The van der Waals surface area contributed by atoms with Crippen molar-refractivity contribution in [1.29, 1.82) is 0 Å². The molecule has 2 aromatic carbocycles. The number of rotatable bonds is 5. The van der Waals surface area contributed by atoms with Crippen LogP contribution < -0.4 is 9.70 Å². The standard InChI is InChI=1S/C23H20FN3O4S2/c1-2-11-27-19-10-9-17(24)13-20(19)32-23(27)25-21(28)14-33(30,31)15-22(29)26-12-5-7-16-6-3-4-8-18(16)26/h1,3-4,6,8-10,13H,5,7,11-12,14-15H2. The van der Waals surface area contributed by atoms with E-state index >= 15 is 0 Å². The number of nitrogens with zero attached hydrogens (tertiary/aromatic N) is 3. The zero-order chi connectivity index (χ0) is 23.6. The van der Waals surface area contributed by atoms with Crippen LogP contribution in [0.2, 0.25) is 0 Å². The molecule has 0 radical (unpaired) electrons. The number of thiazole rings is 1. The molecule has 7 nitrogen and oxygen atoms in total. The van der Waals surface area contributed by atoms with E-state index in [1.165, 1.54) is 23.1 Å². The third-order valence-corrected chi connectivity index (χ3v) is 7.63. The van der Waals surface area contributed by atoms with Gasteiger partial charge in [0.25, 0.3) is 5.91 Å². The first-order valence-electron chi connectivity index (χ1n) is 10.2. The minimum atomic E-state index is -4.05. The van der Waals surface area contributed by atoms with Gasteiger partial charge in [-0.3, -0.25) is 9.59 Å². The molecule has 0 atom stereocenters. The number of hydrogen-bond donors (Lipinski definition) is 0. The van der Waals surface area contributed by atoms with Crippen molar-refractivity contribution in [2.24, 2.45) is 4.99 Å². The lowest BCUT2D eigenvalue weighted by Gasteiger charge is -2.29. The summed E-state index contributed by atoms with van der Waals surface area (Å²) in [6.45, 7) is 0.505. The third-order valence-electron chi connectivity index (χ3n) is 5.21. The van der Waals surface area contributed by atoms with Gasteiger partial charge in [0.05, 0.1) is 16.8 Å². The average Bonchev–Trinajstić information content (AvgIpc) is 3.08. The Hall–Kier alpha value is -3.29. The van der Waals surface area contributed by atoms with Gasteiger partial charge >= 0.3 is 0 Å². The highest BCUT2D eigenvalue weighted by molar-refractivity contribution is 7.92. The summed E-state index contributed by atoms with van der Waals surface area (Å²) in [7, 11) is -4.05. The second-order valence-electron chi connectivity index (χ2n) is 7.60. The number of fused-ring (bicyclic) bond motifs is 2. The van der Waals surface area contributed by atoms with Crippen LogP contribution in [0.4, 0.5) is 10.1 Å². The van der Waals surface area contributed by atoms with Crippen LogP contribution in [0.1, 0.15) is 12.0 Å². The summed E-state index contributed by atoms with van der Waals surface area (Å²) in [5.41, 5.74) is 2.28. The fourth-order valence-corrected chi connectivity index (χ4v) is 5.96. The van der Waals surface area contributed by atoms with Gasteiger partial charge in [0.2, 0.25) is 5.91 Å². The predicted molar refractivity (Wildman–Crippen MR) is 125 cm³/mol. The zero-order valence-electron chi connectivity index (χ0n) is 17.5. The number of benzene rings is 2. The van der Waals surface area contributed by atoms with Gasteiger partial charge in [-0.1, -0.05) is 35.5 Å². The number of carbonyl (C=O) groups excluding carboxylic acids is 2. The van der Waals surface area contributed by atoms with Gasteiger partial charge in [0.15, 0.2) is 14.6 Å². The number of para-hydroxylation sites is 1. The van der Waals surface area contributed by atoms with Crippen LogP contribution in [-0.4, -0.2) is 42.8 Å². The number of amides is 2. The van der Waals surface area contributed by atoms with Crippen LogP contribution in [0.15, 0.2) is 47.5 Å². The van der Waals surface area contributed by atoms with E-state index in [9.17, 15) is 22.4 Å². The Morgan fingerprint density at radius 1 is 1.18 bits per heavy atom. The molecule has 1 aromatic heterocycles. The maximum Gasteiger partial charge on any atom is 0.263 e. The van der Waals surface area contributed by atoms with Crippen molar-refractivity contribution < 1.29 is 22.4 Å². The minimum Gasteiger partial charge on any atom is -0.311 e. The van der Waals surface area contributed by atoms with Gasteiger partial charge in [-0.15, -0.1) is 6.42 Å². The smallest absolute Gasteiger partial charge is 0.263 e. The topological polar surface area (TPSA) is 88.8 Å². The molecule has 2 amide bonds. The number of anilines is 1. The Kier molecular flexibility index (Phi) is 6.44. The number of terminal acetylenes is 1. The number of hydrogen-bond acceptors (Lipinski definition) is 5. The Morgan fingerprint density at radius 3 is 2.76 bits per heavy atom. The highest BCUT2D eigenvalue weighted by Crippen LogP contribution is 2.27. The molecule has 1 aliphatic rings. The number of aromatic nitrogens is 1. The zero-order valence-corrected chi connectivity index (χ0v) is 19.2. The van der Waals surface area contributed by atoms with Crippen LogP contribution in [-0.2, 0) is 32.4 Å². The highest BCUT2D eigenvalue weighted by atomic mass is 32.2. The molecule has 170 valence electrons. The van der Waals surface area contributed by atoms with Gasteiger partial charge < -0.3 is 9.47 Å². The fraction of sp³-hybridized carbons (Fsp3) is 0.261. The van der Waals surface area contributed by atoms with Crippen LogP contribution in [0.3, 0.4) is 0 Å². The van der Waals surface area contributed by atoms with Gasteiger partial charge in [0, 0.05) is 12.2 Å². The molecule has 33 heavy (non-hydrogen) atoms. The lowest BCUT2D eigenvalue weighted by atomic mass is 10.0. The van der Waals surface area contributed by atoms with E-state index in [0.717, 1.165) is 29.7 Å². The van der Waals surface area contributed by atoms with E-state index in [2.05, 4.69) is 10.9 Å². The third kappa shape index (κ3) is 5.05. The monoisotopic (exact) mass is 485 g/mol. The summed E-state index contributed by atoms with van der Waals surface area (Å²) in [5, 5.41) is 0. The van der Waals surface area contributed by atoms with Crippen LogP contribution >= 0.6 is 11.3 Å². The molecule has 10 heteroatoms. The van der Waals surface area contributed by atoms with E-state index < -0.39 is 39.0 Å². The van der Waals surface area contributed by atoms with Gasteiger partial charge in [-0.2, -0.15) is 4.99 Å². The minimum absolute atomic E-state index is 0.0807. The Bertz CT molecular complexity index is 1460. The molecule has 0 fully saturated rings. The number of aryl methyl sites for hydroxylation is 1. The van der Waals surface area contributed by atoms with Crippen LogP contribution in [0, 0.1) is 18.2 Å². The second kappa shape index (κ2) is 9.29. The Labute approximate surface area is 194 Å². The maximum atomic E-state index is 13.6. The summed E-state index contributed by atoms with van der Waals surface area (Å²) >= 11 is 1.03. The van der Waals surface area contributed by atoms with Crippen molar-refractivity contribution >= 4 is 48.9 Å². The summed E-state index contributed by atoms with van der Waals surface area (Å²) < 4.78 is 40.8. The Morgan fingerprint density at radius 2 is 1.97 bits per heavy atom. The van der Waals surface area contributed by atoms with Gasteiger partial charge in [-0.25, -0.2) is 12.8 Å². The van der Waals surface area contributed by atoms with E-state index in [0.29, 0.717) is 22.4 Å². The molecule has 0 saturated heterocycles. The molecule has 0 bridgehead atoms. The predicted octanol–water partition coefficient (Wildman–Crippen LogP) is 2.30. The van der Waals surface area contributed by atoms with Crippen LogP contribution in [0.25, 0.3) is 10.2 Å². The van der Waals surface area contributed by atoms with Crippen molar-refractivity contribution in [3.63, 3.8) is 0 Å². The Balaban J connectivity index is 1.54. The van der Waals surface area contributed by atoms with Crippen molar-refractivity contribution in [3.05, 3.63) is 58.6 Å². The van der Waals surface area contributed by atoms with Gasteiger partial charge in [-0.05, 0) is 42.7 Å². The van der Waals surface area contributed by atoms with E-state index in [1.54, 1.807) is 16.7 Å². The average molecular weight is 486 g/mol. The van der Waals surface area contributed by atoms with E-state index in [4.69, 9.17) is 6.42 Å². The number of carbonyl (C=O) groups is 2. The van der Waals surface area contributed by atoms with E-state index in [-0.39, 0.29) is 11.3 Å². The highest BCUT2D eigenvalue weighted by Gasteiger charge is 2.28. The fourth-order valence-electron chi connectivity index (χ4n) is 3.81. The van der Waals surface area contributed by atoms with Gasteiger partial charge in [0.1, 0.15) is 17.3 Å². The first-order valence-corrected chi connectivity index (χ1v) is 12.8. The molecule has 1 aliphatic heterocycles. The van der Waals surface area contributed by atoms with E-state index in [1.807, 2.05) is 12.1 Å². The molecular weight excluding hydrogens is 465 g/mol. The molecule has 0 N–H and O–H groups in total. The lowest BCUT2D eigenvalue weighted by Crippen LogP contribution is -2.40. The molecule has 0 aliphatic carbocycles. The van der Waals surface area contributed by atoms with Crippen molar-refractivity contribution in [1.82, 2.24) is 4.57 Å². The molecule has 0 unspecified atom stereocenters. The summed E-state index contributed by atoms with van der Waals surface area (Å²) in [4.78, 5) is 30.8. The summed E-state index contributed by atoms with van der Waals surface area (Å²) in [5.74, 6) is -1.19. The largest absolute Gasteiger partial charge is 0.311 e. The SMILES string of the molecule is C#CCn1c(=NC(=O)CS(=O)(=O)CC(=O)N2CCCc3ccccc32)sc2cc(F)ccc21. The molecular formula is C23H20FN3O4S2.